The van der Waals surface area contributed by atoms with Crippen LogP contribution in [0.3, 0.4) is 0 Å². The van der Waals surface area contributed by atoms with E-state index in [-0.39, 0.29) is 11.3 Å². The van der Waals surface area contributed by atoms with Crippen LogP contribution in [0.15, 0.2) is 53.3 Å². The number of carbonyl (C=O) groups is 2. The number of esters is 1. The smallest absolute Gasteiger partial charge is 0.308 e. The summed E-state index contributed by atoms with van der Waals surface area (Å²) in [5.41, 5.74) is 0.708. The molecule has 0 aliphatic rings. The van der Waals surface area contributed by atoms with E-state index >= 15 is 0 Å². The first-order chi connectivity index (χ1) is 12.4. The van der Waals surface area contributed by atoms with Gasteiger partial charge in [0.15, 0.2) is 5.75 Å². The molecule has 0 fully saturated rings. The van der Waals surface area contributed by atoms with E-state index in [0.717, 1.165) is 6.92 Å². The number of nitrogens with zero attached hydrogens (tertiary/aromatic N) is 1. The Labute approximate surface area is 148 Å². The number of aryl methyl sites for hydroxylation is 1. The van der Waals surface area contributed by atoms with Crippen molar-refractivity contribution >= 4 is 28.5 Å². The fourth-order valence-electron chi connectivity index (χ4n) is 2.61. The molecule has 1 heterocycles. The molecule has 7 heteroatoms. The summed E-state index contributed by atoms with van der Waals surface area (Å²) in [4.78, 5) is 35.7. The lowest BCUT2D eigenvalue weighted by Crippen LogP contribution is -2.21. The first-order valence-corrected chi connectivity index (χ1v) is 7.79. The van der Waals surface area contributed by atoms with Crippen LogP contribution in [0, 0.1) is 0 Å². The molecule has 1 amide bonds. The quantitative estimate of drug-likeness (QED) is 0.706. The molecular weight excluding hydrogens is 336 g/mol. The summed E-state index contributed by atoms with van der Waals surface area (Å²) in [6, 6.07) is 13.4. The van der Waals surface area contributed by atoms with Gasteiger partial charge >= 0.3 is 5.97 Å². The minimum atomic E-state index is -0.717. The Morgan fingerprint density at radius 3 is 2.46 bits per heavy atom. The minimum Gasteiger partial charge on any atom is -0.504 e. The van der Waals surface area contributed by atoms with E-state index in [9.17, 15) is 19.5 Å². The molecular formula is C19H16N2O5. The zero-order valence-corrected chi connectivity index (χ0v) is 14.1. The van der Waals surface area contributed by atoms with Crippen molar-refractivity contribution in [1.29, 1.82) is 0 Å². The fraction of sp³-hybridized carbons (Fsp3) is 0.105. The van der Waals surface area contributed by atoms with Crippen molar-refractivity contribution in [1.82, 2.24) is 4.57 Å². The first-order valence-electron chi connectivity index (χ1n) is 7.79. The molecule has 26 heavy (non-hydrogen) atoms. The van der Waals surface area contributed by atoms with Gasteiger partial charge in [0.05, 0.1) is 5.52 Å². The predicted octanol–water partition coefficient (Wildman–Crippen LogP) is 2.42. The molecule has 0 aliphatic carbocycles. The van der Waals surface area contributed by atoms with Crippen molar-refractivity contribution in [3.63, 3.8) is 0 Å². The Balaban J connectivity index is 2.06. The van der Waals surface area contributed by atoms with Crippen LogP contribution in [0.2, 0.25) is 0 Å². The molecule has 3 aromatic rings. The number of aromatic hydroxyl groups is 1. The summed E-state index contributed by atoms with van der Waals surface area (Å²) in [5, 5.41) is 13.4. The monoisotopic (exact) mass is 352 g/mol. The summed E-state index contributed by atoms with van der Waals surface area (Å²) in [6.07, 6.45) is 0. The number of hydrogen-bond donors (Lipinski definition) is 2. The highest BCUT2D eigenvalue weighted by Crippen LogP contribution is 2.33. The maximum absolute atomic E-state index is 12.3. The minimum absolute atomic E-state index is 0.272. The Morgan fingerprint density at radius 2 is 1.81 bits per heavy atom. The lowest BCUT2D eigenvalue weighted by molar-refractivity contribution is -0.132. The van der Waals surface area contributed by atoms with Crippen molar-refractivity contribution in [3.8, 4) is 11.5 Å². The summed E-state index contributed by atoms with van der Waals surface area (Å²) in [7, 11) is 1.50. The fourth-order valence-corrected chi connectivity index (χ4v) is 2.61. The molecule has 0 spiro atoms. The highest BCUT2D eigenvalue weighted by molar-refractivity contribution is 6.05. The zero-order valence-electron chi connectivity index (χ0n) is 14.1. The molecule has 0 atom stereocenters. The van der Waals surface area contributed by atoms with Crippen LogP contribution in [0.1, 0.15) is 17.3 Å². The van der Waals surface area contributed by atoms with Crippen LogP contribution >= 0.6 is 0 Å². The van der Waals surface area contributed by atoms with Crippen molar-refractivity contribution < 1.29 is 19.4 Å². The molecule has 1 aromatic heterocycles. The lowest BCUT2D eigenvalue weighted by atomic mass is 10.1. The van der Waals surface area contributed by atoms with Crippen molar-refractivity contribution in [3.05, 3.63) is 64.4 Å². The van der Waals surface area contributed by atoms with Crippen molar-refractivity contribution in [2.24, 2.45) is 7.05 Å². The largest absolute Gasteiger partial charge is 0.504 e. The van der Waals surface area contributed by atoms with Gasteiger partial charge in [-0.25, -0.2) is 0 Å². The second-order valence-corrected chi connectivity index (χ2v) is 5.69. The summed E-state index contributed by atoms with van der Waals surface area (Å²) < 4.78 is 6.11. The van der Waals surface area contributed by atoms with Gasteiger partial charge in [-0.05, 0) is 30.3 Å². The Hall–Kier alpha value is -3.61. The van der Waals surface area contributed by atoms with Gasteiger partial charge in [0, 0.05) is 30.6 Å². The molecule has 0 radical (unpaired) electrons. The van der Waals surface area contributed by atoms with Crippen LogP contribution in [0.4, 0.5) is 5.69 Å². The number of pyridine rings is 1. The average molecular weight is 352 g/mol. The molecule has 0 saturated carbocycles. The van der Waals surface area contributed by atoms with Crippen LogP contribution in [-0.4, -0.2) is 21.6 Å². The Kier molecular flexibility index (Phi) is 4.45. The van der Waals surface area contributed by atoms with Gasteiger partial charge in [-0.2, -0.15) is 0 Å². The van der Waals surface area contributed by atoms with Gasteiger partial charge in [-0.3, -0.25) is 14.4 Å². The molecule has 0 unspecified atom stereocenters. The number of fused-ring (bicyclic) bond motifs is 1. The lowest BCUT2D eigenvalue weighted by Gasteiger charge is -2.13. The van der Waals surface area contributed by atoms with E-state index in [2.05, 4.69) is 5.32 Å². The van der Waals surface area contributed by atoms with Gasteiger partial charge in [0.2, 0.25) is 5.75 Å². The SMILES string of the molecule is CC(=O)Oc1c(O)c2cc(NC(=O)c3ccccc3)ccc2n(C)c1=O. The second-order valence-electron chi connectivity index (χ2n) is 5.69. The van der Waals surface area contributed by atoms with Gasteiger partial charge in [-0.15, -0.1) is 0 Å². The van der Waals surface area contributed by atoms with Crippen molar-refractivity contribution in [2.45, 2.75) is 6.92 Å². The third-order valence-corrected chi connectivity index (χ3v) is 3.87. The number of aromatic nitrogens is 1. The van der Waals surface area contributed by atoms with E-state index in [1.807, 2.05) is 6.07 Å². The third-order valence-electron chi connectivity index (χ3n) is 3.87. The first kappa shape index (κ1) is 17.2. The molecule has 3 rings (SSSR count). The maximum atomic E-state index is 12.3. The number of ether oxygens (including phenoxy) is 1. The van der Waals surface area contributed by atoms with Crippen LogP contribution in [0.5, 0.6) is 11.5 Å². The van der Waals surface area contributed by atoms with Gasteiger partial charge in [0.1, 0.15) is 0 Å². The predicted molar refractivity (Wildman–Crippen MR) is 96.6 cm³/mol. The average Bonchev–Trinajstić information content (AvgIpc) is 2.64. The summed E-state index contributed by atoms with van der Waals surface area (Å²) in [5.74, 6) is -1.92. The normalized spacial score (nSPS) is 10.5. The molecule has 132 valence electrons. The number of carbonyl (C=O) groups excluding carboxylic acids is 2. The van der Waals surface area contributed by atoms with E-state index in [0.29, 0.717) is 16.8 Å². The number of nitrogens with one attached hydrogen (secondary N) is 1. The number of anilines is 1. The number of amides is 1. The van der Waals surface area contributed by atoms with Crippen LogP contribution < -0.4 is 15.6 Å². The number of rotatable bonds is 3. The number of hydrogen-bond acceptors (Lipinski definition) is 5. The van der Waals surface area contributed by atoms with E-state index in [1.165, 1.54) is 17.7 Å². The highest BCUT2D eigenvalue weighted by atomic mass is 16.5. The molecule has 0 aliphatic heterocycles. The van der Waals surface area contributed by atoms with E-state index < -0.39 is 23.0 Å². The Morgan fingerprint density at radius 1 is 1.12 bits per heavy atom. The third kappa shape index (κ3) is 3.14. The molecule has 2 aromatic carbocycles. The maximum Gasteiger partial charge on any atom is 0.308 e. The van der Waals surface area contributed by atoms with Gasteiger partial charge in [-0.1, -0.05) is 18.2 Å². The Bertz CT molecular complexity index is 1070. The summed E-state index contributed by atoms with van der Waals surface area (Å²) >= 11 is 0. The summed E-state index contributed by atoms with van der Waals surface area (Å²) in [6.45, 7) is 1.14. The molecule has 0 bridgehead atoms. The van der Waals surface area contributed by atoms with Crippen LogP contribution in [-0.2, 0) is 11.8 Å². The zero-order chi connectivity index (χ0) is 18.8. The second kappa shape index (κ2) is 6.72. The van der Waals surface area contributed by atoms with Gasteiger partial charge in [0.25, 0.3) is 11.5 Å². The standard InChI is InChI=1S/C19H16N2O5/c1-11(22)26-17-16(23)14-10-13(8-9-15(14)21(2)19(17)25)20-18(24)12-6-4-3-5-7-12/h3-10,23H,1-2H3,(H,20,24). The van der Waals surface area contributed by atoms with Gasteiger partial charge < -0.3 is 19.7 Å². The van der Waals surface area contributed by atoms with Crippen LogP contribution in [0.25, 0.3) is 10.9 Å². The van der Waals surface area contributed by atoms with Crippen molar-refractivity contribution in [2.75, 3.05) is 5.32 Å². The topological polar surface area (TPSA) is 97.6 Å². The molecule has 2 N–H and O–H groups in total. The van der Waals surface area contributed by atoms with E-state index in [1.54, 1.807) is 36.4 Å². The number of benzene rings is 2. The molecule has 7 nitrogen and oxygen atoms in total. The highest BCUT2D eigenvalue weighted by Gasteiger charge is 2.18. The van der Waals surface area contributed by atoms with E-state index in [4.69, 9.17) is 4.74 Å². The molecule has 0 saturated heterocycles.